The lowest BCUT2D eigenvalue weighted by Crippen LogP contribution is -2.37. The quantitative estimate of drug-likeness (QED) is 0.861. The van der Waals surface area contributed by atoms with Gasteiger partial charge in [0.2, 0.25) is 5.91 Å². The zero-order valence-electron chi connectivity index (χ0n) is 13.3. The second-order valence-electron chi connectivity index (χ2n) is 5.52. The number of pyridine rings is 1. The van der Waals surface area contributed by atoms with Crippen LogP contribution in [0.4, 0.5) is 0 Å². The predicted molar refractivity (Wildman–Crippen MR) is 88.8 cm³/mol. The number of benzene rings is 1. The third-order valence-corrected chi connectivity index (χ3v) is 3.47. The summed E-state index contributed by atoms with van der Waals surface area (Å²) < 4.78 is 0. The molecule has 23 heavy (non-hydrogen) atoms. The molecular formula is C18H21N3O2. The highest BCUT2D eigenvalue weighted by Crippen LogP contribution is 2.10. The summed E-state index contributed by atoms with van der Waals surface area (Å²) in [6.45, 7) is 3.72. The van der Waals surface area contributed by atoms with Crippen molar-refractivity contribution in [2.24, 2.45) is 0 Å². The minimum atomic E-state index is -0.246. The molecule has 2 N–H and O–H groups in total. The van der Waals surface area contributed by atoms with E-state index in [1.807, 2.05) is 44.2 Å². The van der Waals surface area contributed by atoms with Gasteiger partial charge >= 0.3 is 0 Å². The predicted octanol–water partition coefficient (Wildman–Crippen LogP) is 2.47. The van der Waals surface area contributed by atoms with Crippen LogP contribution < -0.4 is 10.6 Å². The molecule has 2 rings (SSSR count). The lowest BCUT2D eigenvalue weighted by molar-refractivity contribution is -0.122. The van der Waals surface area contributed by atoms with Gasteiger partial charge in [-0.1, -0.05) is 24.3 Å². The first-order valence-electron chi connectivity index (χ1n) is 7.61. The lowest BCUT2D eigenvalue weighted by Gasteiger charge is -2.17. The standard InChI is InChI=1S/C18H21N3O2/c1-13(20-18(23)15-7-4-3-5-8-15)11-17(22)21-14(2)16-9-6-10-19-12-16/h3-10,12-14H,11H2,1-2H3,(H,20,23)(H,21,22). The van der Waals surface area contributed by atoms with E-state index in [0.29, 0.717) is 5.56 Å². The molecule has 0 saturated heterocycles. The SMILES string of the molecule is CC(CC(=O)NC(C)c1cccnc1)NC(=O)c1ccccc1. The van der Waals surface area contributed by atoms with Crippen LogP contribution in [0, 0.1) is 0 Å². The van der Waals surface area contributed by atoms with Crippen molar-refractivity contribution in [3.63, 3.8) is 0 Å². The number of amides is 2. The summed E-state index contributed by atoms with van der Waals surface area (Å²) in [5.41, 5.74) is 1.53. The number of rotatable bonds is 6. The van der Waals surface area contributed by atoms with Gasteiger partial charge in [0.05, 0.1) is 6.04 Å². The van der Waals surface area contributed by atoms with Gasteiger partial charge in [0.1, 0.15) is 0 Å². The van der Waals surface area contributed by atoms with E-state index in [2.05, 4.69) is 15.6 Å². The molecule has 0 aliphatic carbocycles. The second kappa shape index (κ2) is 8.08. The lowest BCUT2D eigenvalue weighted by atomic mass is 10.1. The molecule has 1 heterocycles. The van der Waals surface area contributed by atoms with Crippen LogP contribution in [0.3, 0.4) is 0 Å². The first-order chi connectivity index (χ1) is 11.1. The van der Waals surface area contributed by atoms with Gasteiger partial charge in [0.25, 0.3) is 5.91 Å². The molecule has 0 bridgehead atoms. The first kappa shape index (κ1) is 16.7. The van der Waals surface area contributed by atoms with Gasteiger partial charge in [-0.3, -0.25) is 14.6 Å². The molecule has 2 atom stereocenters. The van der Waals surface area contributed by atoms with Crippen LogP contribution in [-0.4, -0.2) is 22.8 Å². The van der Waals surface area contributed by atoms with Crippen LogP contribution in [0.5, 0.6) is 0 Å². The Bertz CT molecular complexity index is 644. The molecule has 1 aromatic carbocycles. The highest BCUT2D eigenvalue weighted by molar-refractivity contribution is 5.94. The summed E-state index contributed by atoms with van der Waals surface area (Å²) in [5.74, 6) is -0.284. The average Bonchev–Trinajstić information content (AvgIpc) is 2.56. The summed E-state index contributed by atoms with van der Waals surface area (Å²) in [5, 5.41) is 5.74. The summed E-state index contributed by atoms with van der Waals surface area (Å²) in [6, 6.07) is 12.3. The normalized spacial score (nSPS) is 13.0. The second-order valence-corrected chi connectivity index (χ2v) is 5.52. The van der Waals surface area contributed by atoms with Crippen molar-refractivity contribution in [3.05, 3.63) is 66.0 Å². The van der Waals surface area contributed by atoms with E-state index in [4.69, 9.17) is 0 Å². The minimum absolute atomic E-state index is 0.109. The third kappa shape index (κ3) is 5.21. The minimum Gasteiger partial charge on any atom is -0.349 e. The third-order valence-electron chi connectivity index (χ3n) is 3.47. The van der Waals surface area contributed by atoms with Crippen LogP contribution >= 0.6 is 0 Å². The fraction of sp³-hybridized carbons (Fsp3) is 0.278. The molecule has 5 nitrogen and oxygen atoms in total. The number of carbonyl (C=O) groups is 2. The summed E-state index contributed by atoms with van der Waals surface area (Å²) in [6.07, 6.45) is 3.65. The maximum Gasteiger partial charge on any atom is 0.251 e. The Morgan fingerprint density at radius 2 is 1.78 bits per heavy atom. The maximum absolute atomic E-state index is 12.1. The zero-order chi connectivity index (χ0) is 16.7. The van der Waals surface area contributed by atoms with E-state index in [1.165, 1.54) is 0 Å². The number of aromatic nitrogens is 1. The van der Waals surface area contributed by atoms with E-state index < -0.39 is 0 Å². The van der Waals surface area contributed by atoms with E-state index in [-0.39, 0.29) is 30.3 Å². The number of carbonyl (C=O) groups excluding carboxylic acids is 2. The Kier molecular flexibility index (Phi) is 5.86. The van der Waals surface area contributed by atoms with Crippen LogP contribution in [-0.2, 0) is 4.79 Å². The molecule has 0 radical (unpaired) electrons. The highest BCUT2D eigenvalue weighted by atomic mass is 16.2. The van der Waals surface area contributed by atoms with Gasteiger partial charge in [-0.2, -0.15) is 0 Å². The highest BCUT2D eigenvalue weighted by Gasteiger charge is 2.15. The smallest absolute Gasteiger partial charge is 0.251 e. The molecule has 2 amide bonds. The number of nitrogens with zero attached hydrogens (tertiary/aromatic N) is 1. The van der Waals surface area contributed by atoms with E-state index >= 15 is 0 Å². The van der Waals surface area contributed by atoms with Gasteiger partial charge in [-0.15, -0.1) is 0 Å². The van der Waals surface area contributed by atoms with Crippen molar-refractivity contribution < 1.29 is 9.59 Å². The number of nitrogens with one attached hydrogen (secondary N) is 2. The molecule has 1 aromatic heterocycles. The summed E-state index contributed by atoms with van der Waals surface area (Å²) in [7, 11) is 0. The molecule has 2 aromatic rings. The first-order valence-corrected chi connectivity index (χ1v) is 7.61. The van der Waals surface area contributed by atoms with Crippen LogP contribution in [0.15, 0.2) is 54.9 Å². The zero-order valence-corrected chi connectivity index (χ0v) is 13.3. The molecule has 0 aliphatic heterocycles. The van der Waals surface area contributed by atoms with Gasteiger partial charge in [-0.05, 0) is 37.6 Å². The molecule has 120 valence electrons. The monoisotopic (exact) mass is 311 g/mol. The maximum atomic E-state index is 12.1. The average molecular weight is 311 g/mol. The Morgan fingerprint density at radius 3 is 2.43 bits per heavy atom. The van der Waals surface area contributed by atoms with E-state index in [0.717, 1.165) is 5.56 Å². The Morgan fingerprint density at radius 1 is 1.04 bits per heavy atom. The topological polar surface area (TPSA) is 71.1 Å². The van der Waals surface area contributed by atoms with Gasteiger partial charge in [-0.25, -0.2) is 0 Å². The van der Waals surface area contributed by atoms with E-state index in [1.54, 1.807) is 24.5 Å². The molecule has 2 unspecified atom stereocenters. The largest absolute Gasteiger partial charge is 0.349 e. The van der Waals surface area contributed by atoms with Crippen LogP contribution in [0.2, 0.25) is 0 Å². The van der Waals surface area contributed by atoms with E-state index in [9.17, 15) is 9.59 Å². The van der Waals surface area contributed by atoms with Crippen LogP contribution in [0.1, 0.15) is 42.2 Å². The van der Waals surface area contributed by atoms with Crippen molar-refractivity contribution in [2.45, 2.75) is 32.4 Å². The molecule has 5 heteroatoms. The van der Waals surface area contributed by atoms with Crippen molar-refractivity contribution in [1.82, 2.24) is 15.6 Å². The van der Waals surface area contributed by atoms with Gasteiger partial charge < -0.3 is 10.6 Å². The molecule has 0 fully saturated rings. The molecule has 0 saturated carbocycles. The Labute approximate surface area is 136 Å². The van der Waals surface area contributed by atoms with Crippen LogP contribution in [0.25, 0.3) is 0 Å². The molecule has 0 spiro atoms. The fourth-order valence-electron chi connectivity index (χ4n) is 2.24. The van der Waals surface area contributed by atoms with Crippen molar-refractivity contribution in [1.29, 1.82) is 0 Å². The number of hydrogen-bond acceptors (Lipinski definition) is 3. The Hall–Kier alpha value is -2.69. The van der Waals surface area contributed by atoms with Gasteiger partial charge in [0, 0.05) is 30.4 Å². The molecular weight excluding hydrogens is 290 g/mol. The van der Waals surface area contributed by atoms with Crippen molar-refractivity contribution in [3.8, 4) is 0 Å². The molecule has 0 aliphatic rings. The summed E-state index contributed by atoms with van der Waals surface area (Å²) >= 11 is 0. The Balaban J connectivity index is 1.82. The van der Waals surface area contributed by atoms with Gasteiger partial charge in [0.15, 0.2) is 0 Å². The van der Waals surface area contributed by atoms with Crippen molar-refractivity contribution >= 4 is 11.8 Å². The van der Waals surface area contributed by atoms with Crippen molar-refractivity contribution in [2.75, 3.05) is 0 Å². The summed E-state index contributed by atoms with van der Waals surface area (Å²) in [4.78, 5) is 28.1. The fourth-order valence-corrected chi connectivity index (χ4v) is 2.24. The number of hydrogen-bond donors (Lipinski definition) is 2.